The van der Waals surface area contributed by atoms with Crippen LogP contribution in [0.2, 0.25) is 0 Å². The summed E-state index contributed by atoms with van der Waals surface area (Å²) >= 11 is 0. The Hall–Kier alpha value is -1.55. The number of ether oxygens (including phenoxy) is 1. The number of fused-ring (bicyclic) bond motifs is 1. The standard InChI is InChI=1S/C16H21N3O/c1-4-11-20-15(8-1)19-16-13(12-17-19)6-5-7-14(16)18-9-2-3-10-18/h5-7,12,15H,1-4,8-11H2. The van der Waals surface area contributed by atoms with Gasteiger partial charge in [0, 0.05) is 25.1 Å². The lowest BCUT2D eigenvalue weighted by Crippen LogP contribution is -2.22. The van der Waals surface area contributed by atoms with Crippen molar-refractivity contribution in [2.24, 2.45) is 0 Å². The van der Waals surface area contributed by atoms with Crippen molar-refractivity contribution in [3.8, 4) is 0 Å². The Morgan fingerprint density at radius 1 is 1.10 bits per heavy atom. The van der Waals surface area contributed by atoms with Crippen LogP contribution < -0.4 is 4.90 Å². The van der Waals surface area contributed by atoms with E-state index in [1.165, 1.54) is 42.3 Å². The average molecular weight is 271 g/mol. The van der Waals surface area contributed by atoms with E-state index >= 15 is 0 Å². The van der Waals surface area contributed by atoms with Crippen LogP contribution in [-0.2, 0) is 4.74 Å². The highest BCUT2D eigenvalue weighted by molar-refractivity contribution is 5.91. The van der Waals surface area contributed by atoms with Gasteiger partial charge in [-0.05, 0) is 38.2 Å². The van der Waals surface area contributed by atoms with Crippen molar-refractivity contribution in [1.82, 2.24) is 9.78 Å². The Kier molecular flexibility index (Phi) is 3.11. The van der Waals surface area contributed by atoms with Crippen LogP contribution >= 0.6 is 0 Å². The first-order valence-electron chi connectivity index (χ1n) is 7.76. The minimum Gasteiger partial charge on any atom is -0.370 e. The molecule has 1 aromatic carbocycles. The molecule has 0 spiro atoms. The molecular weight excluding hydrogens is 250 g/mol. The van der Waals surface area contributed by atoms with E-state index in [1.54, 1.807) is 0 Å². The summed E-state index contributed by atoms with van der Waals surface area (Å²) in [6.45, 7) is 3.18. The molecule has 0 saturated carbocycles. The summed E-state index contributed by atoms with van der Waals surface area (Å²) in [7, 11) is 0. The largest absolute Gasteiger partial charge is 0.370 e. The third-order valence-electron chi connectivity index (χ3n) is 4.47. The Morgan fingerprint density at radius 2 is 2.00 bits per heavy atom. The Labute approximate surface area is 119 Å². The average Bonchev–Trinajstić information content (AvgIpc) is 3.17. The van der Waals surface area contributed by atoms with Crippen LogP contribution in [0.25, 0.3) is 10.9 Å². The summed E-state index contributed by atoms with van der Waals surface area (Å²) in [4.78, 5) is 2.49. The predicted octanol–water partition coefficient (Wildman–Crippen LogP) is 3.34. The molecule has 4 rings (SSSR count). The van der Waals surface area contributed by atoms with Crippen LogP contribution in [0.4, 0.5) is 5.69 Å². The number of hydrogen-bond donors (Lipinski definition) is 0. The molecule has 4 nitrogen and oxygen atoms in total. The lowest BCUT2D eigenvalue weighted by Gasteiger charge is -2.26. The van der Waals surface area contributed by atoms with Crippen molar-refractivity contribution in [3.63, 3.8) is 0 Å². The molecule has 3 heterocycles. The minimum absolute atomic E-state index is 0.116. The van der Waals surface area contributed by atoms with Crippen molar-refractivity contribution in [1.29, 1.82) is 0 Å². The van der Waals surface area contributed by atoms with Gasteiger partial charge in [0.15, 0.2) is 6.23 Å². The number of rotatable bonds is 2. The highest BCUT2D eigenvalue weighted by Gasteiger charge is 2.22. The van der Waals surface area contributed by atoms with E-state index in [0.717, 1.165) is 26.1 Å². The van der Waals surface area contributed by atoms with Gasteiger partial charge in [-0.2, -0.15) is 5.10 Å². The first kappa shape index (κ1) is 12.2. The summed E-state index contributed by atoms with van der Waals surface area (Å²) in [5, 5.41) is 5.84. The summed E-state index contributed by atoms with van der Waals surface area (Å²) in [6.07, 6.45) is 8.17. The second-order valence-corrected chi connectivity index (χ2v) is 5.82. The van der Waals surface area contributed by atoms with Gasteiger partial charge in [-0.1, -0.05) is 12.1 Å². The number of anilines is 1. The molecule has 0 aliphatic carbocycles. The molecule has 1 aromatic heterocycles. The van der Waals surface area contributed by atoms with Gasteiger partial charge in [-0.3, -0.25) is 0 Å². The Morgan fingerprint density at radius 3 is 2.80 bits per heavy atom. The zero-order chi connectivity index (χ0) is 13.4. The van der Waals surface area contributed by atoms with E-state index in [4.69, 9.17) is 4.74 Å². The van der Waals surface area contributed by atoms with Gasteiger partial charge in [0.2, 0.25) is 0 Å². The predicted molar refractivity (Wildman–Crippen MR) is 80.0 cm³/mol. The molecular formula is C16H21N3O. The van der Waals surface area contributed by atoms with Crippen LogP contribution in [0.1, 0.15) is 38.3 Å². The molecule has 2 aliphatic heterocycles. The Bertz CT molecular complexity index is 595. The maximum atomic E-state index is 5.93. The van der Waals surface area contributed by atoms with Crippen molar-refractivity contribution in [2.75, 3.05) is 24.6 Å². The lowest BCUT2D eigenvalue weighted by atomic mass is 10.1. The van der Waals surface area contributed by atoms with Gasteiger partial charge in [-0.15, -0.1) is 0 Å². The van der Waals surface area contributed by atoms with Crippen molar-refractivity contribution in [3.05, 3.63) is 24.4 Å². The zero-order valence-electron chi connectivity index (χ0n) is 11.8. The van der Waals surface area contributed by atoms with Crippen molar-refractivity contribution >= 4 is 16.6 Å². The summed E-state index contributed by atoms with van der Waals surface area (Å²) < 4.78 is 8.04. The molecule has 1 atom stereocenters. The molecule has 0 amide bonds. The molecule has 0 bridgehead atoms. The second kappa shape index (κ2) is 5.09. The van der Waals surface area contributed by atoms with Gasteiger partial charge >= 0.3 is 0 Å². The molecule has 0 radical (unpaired) electrons. The van der Waals surface area contributed by atoms with Crippen molar-refractivity contribution < 1.29 is 4.74 Å². The molecule has 2 aliphatic rings. The third-order valence-corrected chi connectivity index (χ3v) is 4.47. The molecule has 0 N–H and O–H groups in total. The maximum absolute atomic E-state index is 5.93. The summed E-state index contributed by atoms with van der Waals surface area (Å²) in [5.41, 5.74) is 2.58. The topological polar surface area (TPSA) is 30.3 Å². The van der Waals surface area contributed by atoms with E-state index in [9.17, 15) is 0 Å². The first-order valence-corrected chi connectivity index (χ1v) is 7.76. The number of aromatic nitrogens is 2. The number of para-hydroxylation sites is 1. The minimum atomic E-state index is 0.116. The second-order valence-electron chi connectivity index (χ2n) is 5.82. The number of hydrogen-bond acceptors (Lipinski definition) is 3. The molecule has 2 saturated heterocycles. The van der Waals surface area contributed by atoms with Gasteiger partial charge in [0.25, 0.3) is 0 Å². The highest BCUT2D eigenvalue weighted by Crippen LogP contribution is 2.33. The maximum Gasteiger partial charge on any atom is 0.150 e. The SMILES string of the molecule is c1cc(N2CCCC2)c2c(c1)cnn2C1CCCCO1. The van der Waals surface area contributed by atoms with Crippen molar-refractivity contribution in [2.45, 2.75) is 38.3 Å². The van der Waals surface area contributed by atoms with E-state index in [-0.39, 0.29) is 6.23 Å². The van der Waals surface area contributed by atoms with E-state index in [0.29, 0.717) is 0 Å². The molecule has 106 valence electrons. The van der Waals surface area contributed by atoms with Crippen LogP contribution in [0.5, 0.6) is 0 Å². The summed E-state index contributed by atoms with van der Waals surface area (Å²) in [5.74, 6) is 0. The zero-order valence-corrected chi connectivity index (χ0v) is 11.8. The van der Waals surface area contributed by atoms with Gasteiger partial charge in [0.1, 0.15) is 0 Å². The first-order chi connectivity index (χ1) is 9.93. The fraction of sp³-hybridized carbons (Fsp3) is 0.562. The van der Waals surface area contributed by atoms with Gasteiger partial charge in [0.05, 0.1) is 17.4 Å². The fourth-order valence-corrected chi connectivity index (χ4v) is 3.43. The molecule has 20 heavy (non-hydrogen) atoms. The van der Waals surface area contributed by atoms with Crippen LogP contribution in [-0.4, -0.2) is 29.5 Å². The molecule has 4 heteroatoms. The van der Waals surface area contributed by atoms with Crippen LogP contribution in [0, 0.1) is 0 Å². The smallest absolute Gasteiger partial charge is 0.150 e. The summed E-state index contributed by atoms with van der Waals surface area (Å²) in [6, 6.07) is 6.53. The van der Waals surface area contributed by atoms with E-state index < -0.39 is 0 Å². The molecule has 2 aromatic rings. The van der Waals surface area contributed by atoms with Gasteiger partial charge in [-0.25, -0.2) is 4.68 Å². The molecule has 1 unspecified atom stereocenters. The molecule has 2 fully saturated rings. The van der Waals surface area contributed by atoms with Gasteiger partial charge < -0.3 is 9.64 Å². The number of benzene rings is 1. The van der Waals surface area contributed by atoms with E-state index in [1.807, 2.05) is 6.20 Å². The Balaban J connectivity index is 1.80. The van der Waals surface area contributed by atoms with E-state index in [2.05, 4.69) is 32.9 Å². The van der Waals surface area contributed by atoms with Crippen LogP contribution in [0.3, 0.4) is 0 Å². The normalized spacial score (nSPS) is 23.6. The van der Waals surface area contributed by atoms with Crippen LogP contribution in [0.15, 0.2) is 24.4 Å². The fourth-order valence-electron chi connectivity index (χ4n) is 3.43. The third kappa shape index (κ3) is 1.99. The number of nitrogens with zero attached hydrogens (tertiary/aromatic N) is 3. The lowest BCUT2D eigenvalue weighted by molar-refractivity contribution is -0.0366. The monoisotopic (exact) mass is 271 g/mol. The quantitative estimate of drug-likeness (QED) is 0.839. The highest BCUT2D eigenvalue weighted by atomic mass is 16.5.